The molecule has 1 aliphatic heterocycles. The Bertz CT molecular complexity index is 1170. The van der Waals surface area contributed by atoms with Gasteiger partial charge in [0.05, 0.1) is 18.8 Å². The van der Waals surface area contributed by atoms with Crippen LogP contribution in [0.1, 0.15) is 72.9 Å². The van der Waals surface area contributed by atoms with Crippen LogP contribution >= 0.6 is 0 Å². The van der Waals surface area contributed by atoms with Crippen LogP contribution in [0.2, 0.25) is 36.3 Å². The van der Waals surface area contributed by atoms with Crippen molar-refractivity contribution in [2.75, 3.05) is 6.61 Å². The van der Waals surface area contributed by atoms with E-state index in [0.29, 0.717) is 6.42 Å². The molecule has 0 aliphatic carbocycles. The summed E-state index contributed by atoms with van der Waals surface area (Å²) in [4.78, 5) is 29.3. The maximum atomic E-state index is 14.7. The number of ether oxygens (including phenoxy) is 2. The predicted molar refractivity (Wildman–Crippen MR) is 191 cm³/mol. The second-order valence-corrected chi connectivity index (χ2v) is 22.5. The molecule has 1 aliphatic rings. The van der Waals surface area contributed by atoms with Crippen LogP contribution in [-0.4, -0.2) is 64.5 Å². The van der Waals surface area contributed by atoms with Crippen LogP contribution in [0, 0.1) is 5.92 Å². The molecule has 1 heterocycles. The predicted octanol–water partition coefficient (Wildman–Crippen LogP) is 8.99. The minimum absolute atomic E-state index is 0.0148. The van der Waals surface area contributed by atoms with Crippen LogP contribution in [0.15, 0.2) is 60.7 Å². The van der Waals surface area contributed by atoms with Gasteiger partial charge in [0.2, 0.25) is 0 Å². The van der Waals surface area contributed by atoms with Gasteiger partial charge in [-0.1, -0.05) is 109 Å². The van der Waals surface area contributed by atoms with Gasteiger partial charge in [0.1, 0.15) is 6.61 Å². The number of cyclic esters (lactones) is 1. The van der Waals surface area contributed by atoms with E-state index in [4.69, 9.17) is 18.3 Å². The summed E-state index contributed by atoms with van der Waals surface area (Å²) in [5, 5.41) is 0. The molecule has 0 radical (unpaired) electrons. The third kappa shape index (κ3) is 9.86. The van der Waals surface area contributed by atoms with Crippen molar-refractivity contribution >= 4 is 28.6 Å². The van der Waals surface area contributed by atoms with Crippen molar-refractivity contribution in [3.63, 3.8) is 0 Å². The zero-order valence-corrected chi connectivity index (χ0v) is 31.6. The van der Waals surface area contributed by atoms with Gasteiger partial charge in [-0.05, 0) is 73.1 Å². The summed E-state index contributed by atoms with van der Waals surface area (Å²) >= 11 is 0. The molecule has 2 aromatic carbocycles. The molecule has 256 valence electrons. The van der Waals surface area contributed by atoms with E-state index in [1.54, 1.807) is 0 Å². The van der Waals surface area contributed by atoms with Crippen molar-refractivity contribution in [3.05, 3.63) is 71.8 Å². The van der Waals surface area contributed by atoms with Gasteiger partial charge in [0.15, 0.2) is 22.7 Å². The molecule has 0 unspecified atom stereocenters. The van der Waals surface area contributed by atoms with Gasteiger partial charge in [-0.25, -0.2) is 9.69 Å². The zero-order valence-electron chi connectivity index (χ0n) is 29.6. The maximum absolute atomic E-state index is 14.7. The number of hydrogen-bond acceptors (Lipinski definition) is 6. The molecular formula is C37H59NO6Si2. The van der Waals surface area contributed by atoms with Gasteiger partial charge < -0.3 is 18.3 Å². The lowest BCUT2D eigenvalue weighted by Crippen LogP contribution is -2.56. The second kappa shape index (κ2) is 18.3. The standard InChI is InChI=1S/C37H59NO6Si2/c1-9-45(10-2,11-3)43-30(8)25-29(7)34(44-46(12-4,13-5)14-6)35(41-27-32-23-19-16-20-24-32)36(39)38-33(28-42-37(38)40)26-31-21-17-15-18-22-31/h15-24,29-30,33-35H,9-14,25-28H2,1-8H3/t29-,30-,33-,34+,35-/m1/s1. The maximum Gasteiger partial charge on any atom is 0.417 e. The highest BCUT2D eigenvalue weighted by atomic mass is 28.4. The molecule has 7 nitrogen and oxygen atoms in total. The summed E-state index contributed by atoms with van der Waals surface area (Å²) in [6.45, 7) is 18.1. The first-order valence-electron chi connectivity index (χ1n) is 17.6. The first-order valence-corrected chi connectivity index (χ1v) is 22.7. The molecular weight excluding hydrogens is 611 g/mol. The van der Waals surface area contributed by atoms with Gasteiger partial charge in [0.25, 0.3) is 5.91 Å². The van der Waals surface area contributed by atoms with Crippen LogP contribution in [0.3, 0.4) is 0 Å². The van der Waals surface area contributed by atoms with Gasteiger partial charge in [-0.15, -0.1) is 0 Å². The van der Waals surface area contributed by atoms with E-state index in [1.807, 2.05) is 60.7 Å². The van der Waals surface area contributed by atoms with Crippen molar-refractivity contribution < 1.29 is 27.9 Å². The van der Waals surface area contributed by atoms with E-state index in [0.717, 1.165) is 53.8 Å². The molecule has 5 atom stereocenters. The van der Waals surface area contributed by atoms with Gasteiger partial charge >= 0.3 is 6.09 Å². The normalized spacial score (nSPS) is 18.2. The molecule has 1 fully saturated rings. The Labute approximate surface area is 280 Å². The minimum atomic E-state index is -2.21. The first-order chi connectivity index (χ1) is 22.1. The fourth-order valence-corrected chi connectivity index (χ4v) is 12.8. The summed E-state index contributed by atoms with van der Waals surface area (Å²) in [5.41, 5.74) is 2.00. The molecule has 0 saturated carbocycles. The Hall–Kier alpha value is -2.31. The topological polar surface area (TPSA) is 74.3 Å². The molecule has 46 heavy (non-hydrogen) atoms. The molecule has 2 aromatic rings. The smallest absolute Gasteiger partial charge is 0.417 e. The quantitative estimate of drug-likeness (QED) is 0.131. The minimum Gasteiger partial charge on any atom is -0.447 e. The lowest BCUT2D eigenvalue weighted by atomic mass is 9.93. The third-order valence-corrected chi connectivity index (χ3v) is 19.7. The summed E-state index contributed by atoms with van der Waals surface area (Å²) in [5.74, 6) is -0.435. The average Bonchev–Trinajstić information content (AvgIpc) is 3.45. The summed E-state index contributed by atoms with van der Waals surface area (Å²) in [6, 6.07) is 25.5. The Kier molecular flexibility index (Phi) is 15.2. The number of carbonyl (C=O) groups is 2. The van der Waals surface area contributed by atoms with Crippen molar-refractivity contribution in [1.29, 1.82) is 0 Å². The molecule has 0 N–H and O–H groups in total. The second-order valence-electron chi connectivity index (χ2n) is 13.1. The van der Waals surface area contributed by atoms with Gasteiger partial charge in [-0.3, -0.25) is 4.79 Å². The Morgan fingerprint density at radius 1 is 0.804 bits per heavy atom. The van der Waals surface area contributed by atoms with Crippen LogP contribution < -0.4 is 0 Å². The molecule has 0 spiro atoms. The zero-order chi connectivity index (χ0) is 33.7. The number of benzene rings is 2. The summed E-state index contributed by atoms with van der Waals surface area (Å²) in [6.07, 6.45) is -0.866. The Morgan fingerprint density at radius 2 is 1.30 bits per heavy atom. The van der Waals surface area contributed by atoms with Crippen LogP contribution in [0.4, 0.5) is 4.79 Å². The van der Waals surface area contributed by atoms with Crippen molar-refractivity contribution in [2.45, 2.75) is 135 Å². The van der Waals surface area contributed by atoms with E-state index in [1.165, 1.54) is 4.90 Å². The largest absolute Gasteiger partial charge is 0.447 e. The third-order valence-electron chi connectivity index (χ3n) is 10.3. The van der Waals surface area contributed by atoms with E-state index >= 15 is 0 Å². The SMILES string of the molecule is CC[Si](CC)(CC)O[C@@H]([C@H](C)C[C@@H](C)O[Si](CC)(CC)CC)[C@@H](OCc1ccccc1)C(=O)N1C(=O)OC[C@H]1Cc1ccccc1. The number of rotatable bonds is 20. The molecule has 2 amide bonds. The molecule has 0 aromatic heterocycles. The van der Waals surface area contributed by atoms with Gasteiger partial charge in [-0.2, -0.15) is 0 Å². The fraction of sp³-hybridized carbons (Fsp3) is 0.622. The fourth-order valence-electron chi connectivity index (χ4n) is 6.87. The van der Waals surface area contributed by atoms with Crippen molar-refractivity contribution in [2.24, 2.45) is 5.92 Å². The van der Waals surface area contributed by atoms with E-state index in [2.05, 4.69) is 55.4 Å². The van der Waals surface area contributed by atoms with E-state index in [9.17, 15) is 9.59 Å². The summed E-state index contributed by atoms with van der Waals surface area (Å²) in [7, 11) is -4.05. The Balaban J connectivity index is 2.02. The van der Waals surface area contributed by atoms with Crippen LogP contribution in [0.5, 0.6) is 0 Å². The number of imide groups is 1. The van der Waals surface area contributed by atoms with Crippen molar-refractivity contribution in [3.8, 4) is 0 Å². The highest BCUT2D eigenvalue weighted by Gasteiger charge is 2.47. The number of amides is 2. The molecule has 3 rings (SSSR count). The van der Waals surface area contributed by atoms with Crippen LogP contribution in [-0.2, 0) is 36.1 Å². The number of carbonyl (C=O) groups excluding carboxylic acids is 2. The molecule has 1 saturated heterocycles. The van der Waals surface area contributed by atoms with Crippen LogP contribution in [0.25, 0.3) is 0 Å². The highest BCUT2D eigenvalue weighted by molar-refractivity contribution is 6.74. The molecule has 0 bridgehead atoms. The Morgan fingerprint density at radius 3 is 1.83 bits per heavy atom. The lowest BCUT2D eigenvalue weighted by Gasteiger charge is -2.41. The number of hydrogen-bond donors (Lipinski definition) is 0. The van der Waals surface area contributed by atoms with Crippen molar-refractivity contribution in [1.82, 2.24) is 4.90 Å². The van der Waals surface area contributed by atoms with Gasteiger partial charge in [0, 0.05) is 6.10 Å². The highest BCUT2D eigenvalue weighted by Crippen LogP contribution is 2.33. The number of nitrogens with zero attached hydrogens (tertiary/aromatic N) is 1. The summed E-state index contributed by atoms with van der Waals surface area (Å²) < 4.78 is 26.2. The first kappa shape index (κ1) is 38.1. The molecule has 9 heteroatoms. The van der Waals surface area contributed by atoms with E-state index < -0.39 is 41.0 Å². The van der Waals surface area contributed by atoms with E-state index in [-0.39, 0.29) is 31.1 Å². The average molecular weight is 670 g/mol. The lowest BCUT2D eigenvalue weighted by molar-refractivity contribution is -0.153. The monoisotopic (exact) mass is 669 g/mol.